The predicted molar refractivity (Wildman–Crippen MR) is 103 cm³/mol. The highest BCUT2D eigenvalue weighted by atomic mass is 32.2. The summed E-state index contributed by atoms with van der Waals surface area (Å²) in [4.78, 5) is 26.3. The number of sulfonamides is 1. The maximum atomic E-state index is 12.7. The zero-order valence-corrected chi connectivity index (χ0v) is 16.6. The van der Waals surface area contributed by atoms with Crippen LogP contribution in [0.1, 0.15) is 22.8 Å². The second-order valence-electron chi connectivity index (χ2n) is 6.61. The number of fused-ring (bicyclic) bond motifs is 1. The van der Waals surface area contributed by atoms with E-state index < -0.39 is 28.5 Å². The van der Waals surface area contributed by atoms with Crippen molar-refractivity contribution in [3.63, 3.8) is 0 Å². The van der Waals surface area contributed by atoms with Crippen molar-refractivity contribution >= 4 is 27.6 Å². The van der Waals surface area contributed by atoms with E-state index in [-0.39, 0.29) is 22.3 Å². The number of hydrogen-bond donors (Lipinski definition) is 2. The summed E-state index contributed by atoms with van der Waals surface area (Å²) in [6.45, 7) is 1.25. The zero-order valence-electron chi connectivity index (χ0n) is 15.8. The number of ether oxygens (including phenoxy) is 2. The van der Waals surface area contributed by atoms with Crippen LogP contribution in [0.3, 0.4) is 0 Å². The molecular weight excluding hydrogens is 400 g/mol. The van der Waals surface area contributed by atoms with Crippen LogP contribution in [0.25, 0.3) is 0 Å². The lowest BCUT2D eigenvalue weighted by Gasteiger charge is -2.22. The number of phenolic OH excluding ortho intramolecular Hbond substituents is 1. The molecule has 0 spiro atoms. The lowest BCUT2D eigenvalue weighted by atomic mass is 10.1. The van der Waals surface area contributed by atoms with Crippen LogP contribution in [0.15, 0.2) is 41.3 Å². The fraction of sp³-hybridized carbons (Fsp3) is 0.263. The zero-order chi connectivity index (χ0) is 21.3. The van der Waals surface area contributed by atoms with E-state index in [1.165, 1.54) is 48.4 Å². The third kappa shape index (κ3) is 4.17. The molecule has 154 valence electrons. The average molecular weight is 420 g/mol. The summed E-state index contributed by atoms with van der Waals surface area (Å²) in [7, 11) is -2.43. The number of anilines is 1. The molecule has 0 saturated carbocycles. The molecule has 0 radical (unpaired) electrons. The lowest BCUT2D eigenvalue weighted by molar-refractivity contribution is -0.122. The third-order valence-electron chi connectivity index (χ3n) is 4.61. The first-order valence-corrected chi connectivity index (χ1v) is 10.2. The first-order valence-electron chi connectivity index (χ1n) is 8.63. The van der Waals surface area contributed by atoms with Gasteiger partial charge in [-0.25, -0.2) is 18.4 Å². The van der Waals surface area contributed by atoms with Gasteiger partial charge in [-0.2, -0.15) is 0 Å². The molecule has 0 saturated heterocycles. The third-order valence-corrected chi connectivity index (χ3v) is 5.53. The minimum atomic E-state index is -3.85. The smallest absolute Gasteiger partial charge is 0.342 e. The number of primary sulfonamides is 1. The summed E-state index contributed by atoms with van der Waals surface area (Å²) in [6.07, 6.45) is 0.440. The Hall–Kier alpha value is -3.11. The average Bonchev–Trinajstić information content (AvgIpc) is 3.00. The maximum absolute atomic E-state index is 12.7. The number of rotatable bonds is 5. The van der Waals surface area contributed by atoms with Crippen molar-refractivity contribution in [2.24, 2.45) is 5.14 Å². The van der Waals surface area contributed by atoms with E-state index in [0.29, 0.717) is 23.4 Å². The molecule has 1 aliphatic heterocycles. The van der Waals surface area contributed by atoms with Crippen molar-refractivity contribution in [1.82, 2.24) is 0 Å². The van der Waals surface area contributed by atoms with Gasteiger partial charge in [0.15, 0.2) is 6.61 Å². The predicted octanol–water partition coefficient (Wildman–Crippen LogP) is 1.18. The number of esters is 1. The number of nitrogens with two attached hydrogens (primary N) is 1. The molecule has 1 amide bonds. The van der Waals surface area contributed by atoms with Crippen LogP contribution in [-0.2, 0) is 26.0 Å². The number of phenols is 1. The molecule has 0 aliphatic carbocycles. The Morgan fingerprint density at radius 3 is 2.62 bits per heavy atom. The molecule has 1 unspecified atom stereocenters. The number of hydrogen-bond acceptors (Lipinski definition) is 7. The van der Waals surface area contributed by atoms with E-state index >= 15 is 0 Å². The molecule has 3 rings (SSSR count). The van der Waals surface area contributed by atoms with Gasteiger partial charge in [0.25, 0.3) is 5.91 Å². The maximum Gasteiger partial charge on any atom is 0.342 e. The second kappa shape index (κ2) is 7.72. The molecule has 10 heteroatoms. The van der Waals surface area contributed by atoms with E-state index in [4.69, 9.17) is 14.6 Å². The molecule has 0 fully saturated rings. The summed E-state index contributed by atoms with van der Waals surface area (Å²) in [6, 6.07) is 8.10. The Labute approximate surface area is 167 Å². The highest BCUT2D eigenvalue weighted by Gasteiger charge is 2.32. The Morgan fingerprint density at radius 2 is 1.97 bits per heavy atom. The van der Waals surface area contributed by atoms with Gasteiger partial charge in [0.1, 0.15) is 17.1 Å². The standard InChI is InChI=1S/C19H20N2O7S/c1-11-7-12-8-14(29(20,25)26)4-5-16(12)21(11)18(23)10-28-19(24)15-9-13(27-2)3-6-17(15)22/h3-6,8-9,11,22H,7,10H2,1-2H3,(H2,20,25,26). The first-order chi connectivity index (χ1) is 13.6. The van der Waals surface area contributed by atoms with E-state index in [0.717, 1.165) is 0 Å². The van der Waals surface area contributed by atoms with Crippen LogP contribution in [0.5, 0.6) is 11.5 Å². The summed E-state index contributed by atoms with van der Waals surface area (Å²) in [5.74, 6) is -1.28. The summed E-state index contributed by atoms with van der Waals surface area (Å²) in [5.41, 5.74) is 1.08. The highest BCUT2D eigenvalue weighted by molar-refractivity contribution is 7.89. The topological polar surface area (TPSA) is 136 Å². The Balaban J connectivity index is 1.75. The van der Waals surface area contributed by atoms with Gasteiger partial charge in [-0.05, 0) is 55.3 Å². The lowest BCUT2D eigenvalue weighted by Crippen LogP contribution is -2.38. The van der Waals surface area contributed by atoms with Crippen molar-refractivity contribution in [3.8, 4) is 11.5 Å². The molecule has 9 nitrogen and oxygen atoms in total. The number of carbonyl (C=O) groups is 2. The Kier molecular flexibility index (Phi) is 5.49. The number of benzene rings is 2. The molecule has 2 aromatic rings. The van der Waals surface area contributed by atoms with Gasteiger partial charge in [0.05, 0.1) is 12.0 Å². The van der Waals surface area contributed by atoms with Gasteiger partial charge < -0.3 is 19.5 Å². The number of carbonyl (C=O) groups excluding carboxylic acids is 2. The van der Waals surface area contributed by atoms with Crippen LogP contribution in [0, 0.1) is 0 Å². The molecule has 0 bridgehead atoms. The normalized spacial score (nSPS) is 15.7. The van der Waals surface area contributed by atoms with E-state index in [9.17, 15) is 23.1 Å². The Morgan fingerprint density at radius 1 is 1.24 bits per heavy atom. The van der Waals surface area contributed by atoms with E-state index in [2.05, 4.69) is 0 Å². The monoisotopic (exact) mass is 420 g/mol. The van der Waals surface area contributed by atoms with Crippen molar-refractivity contribution < 1.29 is 32.6 Å². The van der Waals surface area contributed by atoms with Crippen LogP contribution in [0.4, 0.5) is 5.69 Å². The number of methoxy groups -OCH3 is 1. The van der Waals surface area contributed by atoms with Gasteiger partial charge in [-0.15, -0.1) is 0 Å². The van der Waals surface area contributed by atoms with Crippen LogP contribution in [0.2, 0.25) is 0 Å². The highest BCUT2D eigenvalue weighted by Crippen LogP contribution is 2.34. The van der Waals surface area contributed by atoms with Crippen LogP contribution < -0.4 is 14.8 Å². The molecule has 1 heterocycles. The van der Waals surface area contributed by atoms with E-state index in [1.807, 2.05) is 0 Å². The van der Waals surface area contributed by atoms with E-state index in [1.54, 1.807) is 6.92 Å². The van der Waals surface area contributed by atoms with Gasteiger partial charge in [0, 0.05) is 11.7 Å². The number of amides is 1. The summed E-state index contributed by atoms with van der Waals surface area (Å²) in [5, 5.41) is 15.0. The van der Waals surface area contributed by atoms with Gasteiger partial charge in [0.2, 0.25) is 10.0 Å². The van der Waals surface area contributed by atoms with Crippen LogP contribution in [-0.4, -0.2) is 45.2 Å². The second-order valence-corrected chi connectivity index (χ2v) is 8.17. The summed E-state index contributed by atoms with van der Waals surface area (Å²) < 4.78 is 33.1. The fourth-order valence-electron chi connectivity index (χ4n) is 3.24. The molecule has 29 heavy (non-hydrogen) atoms. The molecule has 1 atom stereocenters. The van der Waals surface area contributed by atoms with Gasteiger partial charge in [-0.3, -0.25) is 4.79 Å². The fourth-order valence-corrected chi connectivity index (χ4v) is 3.81. The number of aromatic hydroxyl groups is 1. The molecule has 2 aromatic carbocycles. The molecule has 1 aliphatic rings. The first kappa shape index (κ1) is 20.6. The SMILES string of the molecule is COc1ccc(O)c(C(=O)OCC(=O)N2c3ccc(S(N)(=O)=O)cc3CC2C)c1. The quantitative estimate of drug-likeness (QED) is 0.693. The summed E-state index contributed by atoms with van der Waals surface area (Å²) >= 11 is 0. The van der Waals surface area contributed by atoms with Crippen molar-refractivity contribution in [3.05, 3.63) is 47.5 Å². The van der Waals surface area contributed by atoms with Crippen molar-refractivity contribution in [1.29, 1.82) is 0 Å². The largest absolute Gasteiger partial charge is 0.507 e. The van der Waals surface area contributed by atoms with Gasteiger partial charge >= 0.3 is 5.97 Å². The molecule has 0 aromatic heterocycles. The van der Waals surface area contributed by atoms with Crippen molar-refractivity contribution in [2.75, 3.05) is 18.6 Å². The van der Waals surface area contributed by atoms with Crippen molar-refractivity contribution in [2.45, 2.75) is 24.3 Å². The minimum absolute atomic E-state index is 0.0299. The number of nitrogens with zero attached hydrogens (tertiary/aromatic N) is 1. The molecule has 3 N–H and O–H groups in total. The molecular formula is C19H20N2O7S. The Bertz CT molecular complexity index is 1080. The van der Waals surface area contributed by atoms with Crippen LogP contribution >= 0.6 is 0 Å². The van der Waals surface area contributed by atoms with Gasteiger partial charge in [-0.1, -0.05) is 0 Å². The minimum Gasteiger partial charge on any atom is -0.507 e.